The molecular formula is C35H50O14. The Hall–Kier alpha value is -1.82. The highest BCUT2D eigenvalue weighted by molar-refractivity contribution is 5.85. The first-order valence-corrected chi connectivity index (χ1v) is 17.6. The van der Waals surface area contributed by atoms with Gasteiger partial charge in [-0.15, -0.1) is 0 Å². The molecule has 0 aromatic carbocycles. The number of hydrogen-bond donors (Lipinski definition) is 6. The number of methoxy groups -OCH3 is 1. The van der Waals surface area contributed by atoms with Crippen LogP contribution in [0, 0.1) is 28.6 Å². The first-order chi connectivity index (χ1) is 23.4. The standard InChI is InChI=1S/C35H50O14/c1-33-8-6-21-22(35(33,44-2)10-7-20(33)17-11-25(38)45-14-17)4-3-18-12-19(5-9-34(18,21)16-37)47-31-29(42)27(40)24(15-46-31)49-32-30(43)28(41)26(39)23(13-36)48-32/h11-12,16,19-24,26-32,36,39-43H,3-10,13-15H2,1-2H3/t19-,20+,21-,22+,23+,24+,26+,27-,28-,29+,30+,31-,32-,33+,34+,35+/m0/s1. The molecule has 274 valence electrons. The molecule has 0 spiro atoms. The van der Waals surface area contributed by atoms with Gasteiger partial charge in [-0.05, 0) is 74.7 Å². The summed E-state index contributed by atoms with van der Waals surface area (Å²) < 4.78 is 34.8. The molecule has 7 rings (SSSR count). The SMILES string of the molecule is CO[C@@]12CC[C@H](C3=CC(=O)OC3)[C@@]1(C)CC[C@H]1[C@H]2CCC2=C[C@@H](O[C@@H]3OC[C@@H](O[C@@H]4O[C@H](CO)[C@@H](O)[C@H](O)[C@H]4O)[C@H](O)[C@H]3O)CC[C@@]21C=O. The van der Waals surface area contributed by atoms with Crippen molar-refractivity contribution in [1.29, 1.82) is 0 Å². The second-order valence-corrected chi connectivity index (χ2v) is 15.3. The molecule has 16 atom stereocenters. The van der Waals surface area contributed by atoms with Crippen LogP contribution < -0.4 is 0 Å². The normalized spacial score (nSPS) is 51.2. The Balaban J connectivity index is 1.02. The third-order valence-corrected chi connectivity index (χ3v) is 13.4. The van der Waals surface area contributed by atoms with Gasteiger partial charge in [-0.2, -0.15) is 0 Å². The second-order valence-electron chi connectivity index (χ2n) is 15.3. The number of carbonyl (C=O) groups is 2. The largest absolute Gasteiger partial charge is 0.458 e. The van der Waals surface area contributed by atoms with Crippen molar-refractivity contribution in [2.24, 2.45) is 28.6 Å². The van der Waals surface area contributed by atoms with Crippen molar-refractivity contribution in [2.45, 2.75) is 125 Å². The first-order valence-electron chi connectivity index (χ1n) is 17.6. The van der Waals surface area contributed by atoms with Crippen LogP contribution in [-0.2, 0) is 38.0 Å². The minimum atomic E-state index is -1.67. The lowest BCUT2D eigenvalue weighted by Crippen LogP contribution is -2.63. The van der Waals surface area contributed by atoms with Crippen molar-refractivity contribution in [3.8, 4) is 0 Å². The summed E-state index contributed by atoms with van der Waals surface area (Å²) >= 11 is 0. The van der Waals surface area contributed by atoms with E-state index in [0.29, 0.717) is 25.9 Å². The Labute approximate surface area is 284 Å². The summed E-state index contributed by atoms with van der Waals surface area (Å²) in [5.41, 5.74) is 0.806. The monoisotopic (exact) mass is 694 g/mol. The van der Waals surface area contributed by atoms with E-state index >= 15 is 0 Å². The highest BCUT2D eigenvalue weighted by atomic mass is 16.7. The van der Waals surface area contributed by atoms with Gasteiger partial charge in [0, 0.05) is 18.6 Å². The van der Waals surface area contributed by atoms with E-state index in [1.807, 2.05) is 6.08 Å². The van der Waals surface area contributed by atoms with Crippen LogP contribution in [0.15, 0.2) is 23.3 Å². The third-order valence-electron chi connectivity index (χ3n) is 13.4. The Kier molecular flexibility index (Phi) is 9.66. The quantitative estimate of drug-likeness (QED) is 0.109. The van der Waals surface area contributed by atoms with Gasteiger partial charge in [0.1, 0.15) is 55.6 Å². The Bertz CT molecular complexity index is 1330. The molecule has 0 radical (unpaired) electrons. The van der Waals surface area contributed by atoms with E-state index < -0.39 is 79.0 Å². The zero-order chi connectivity index (χ0) is 34.9. The van der Waals surface area contributed by atoms with Gasteiger partial charge in [0.05, 0.1) is 30.3 Å². The lowest BCUT2D eigenvalue weighted by atomic mass is 9.44. The summed E-state index contributed by atoms with van der Waals surface area (Å²) in [6.45, 7) is 1.75. The molecule has 0 aromatic rings. The average molecular weight is 695 g/mol. The van der Waals surface area contributed by atoms with Gasteiger partial charge in [0.15, 0.2) is 12.6 Å². The lowest BCUT2D eigenvalue weighted by molar-refractivity contribution is -0.345. The van der Waals surface area contributed by atoms with Crippen LogP contribution in [0.25, 0.3) is 0 Å². The Morgan fingerprint density at radius 3 is 2.39 bits per heavy atom. The molecule has 14 nitrogen and oxygen atoms in total. The van der Waals surface area contributed by atoms with Crippen LogP contribution in [0.4, 0.5) is 0 Å². The molecule has 6 N–H and O–H groups in total. The summed E-state index contributed by atoms with van der Waals surface area (Å²) in [6, 6.07) is 0. The predicted octanol–water partition coefficient (Wildman–Crippen LogP) is -0.355. The molecule has 14 heteroatoms. The zero-order valence-corrected chi connectivity index (χ0v) is 28.0. The van der Waals surface area contributed by atoms with Gasteiger partial charge >= 0.3 is 5.97 Å². The number of esters is 1. The van der Waals surface area contributed by atoms with Gasteiger partial charge in [-0.3, -0.25) is 0 Å². The van der Waals surface area contributed by atoms with Crippen LogP contribution in [0.5, 0.6) is 0 Å². The van der Waals surface area contributed by atoms with Crippen LogP contribution in [0.1, 0.15) is 58.3 Å². The number of aliphatic hydroxyl groups is 6. The molecule has 0 amide bonds. The van der Waals surface area contributed by atoms with E-state index in [-0.39, 0.29) is 35.7 Å². The van der Waals surface area contributed by atoms with Crippen molar-refractivity contribution in [1.82, 2.24) is 0 Å². The highest BCUT2D eigenvalue weighted by Gasteiger charge is 2.69. The zero-order valence-electron chi connectivity index (χ0n) is 28.0. The number of ether oxygens (including phenoxy) is 6. The number of aliphatic hydroxyl groups excluding tert-OH is 6. The van der Waals surface area contributed by atoms with E-state index in [1.165, 1.54) is 0 Å². The van der Waals surface area contributed by atoms with Gasteiger partial charge in [0.2, 0.25) is 0 Å². The van der Waals surface area contributed by atoms with Gasteiger partial charge in [-0.25, -0.2) is 4.79 Å². The van der Waals surface area contributed by atoms with E-state index in [1.54, 1.807) is 13.2 Å². The van der Waals surface area contributed by atoms with Gasteiger partial charge in [-0.1, -0.05) is 18.6 Å². The summed E-state index contributed by atoms with van der Waals surface area (Å²) in [4.78, 5) is 25.1. The van der Waals surface area contributed by atoms with E-state index in [2.05, 4.69) is 6.92 Å². The van der Waals surface area contributed by atoms with Crippen molar-refractivity contribution >= 4 is 12.3 Å². The average Bonchev–Trinajstić information content (AvgIpc) is 3.67. The van der Waals surface area contributed by atoms with E-state index in [0.717, 1.165) is 49.5 Å². The molecule has 7 aliphatic rings. The number of aldehydes is 1. The van der Waals surface area contributed by atoms with Crippen LogP contribution >= 0.6 is 0 Å². The number of rotatable bonds is 8. The van der Waals surface area contributed by atoms with E-state index in [9.17, 15) is 40.2 Å². The summed E-state index contributed by atoms with van der Waals surface area (Å²) in [6.07, 6.45) is -2.56. The molecule has 2 saturated heterocycles. The van der Waals surface area contributed by atoms with Gasteiger partial charge in [0.25, 0.3) is 0 Å². The maximum absolute atomic E-state index is 13.2. The minimum absolute atomic E-state index is 0.0897. The number of hydrogen-bond acceptors (Lipinski definition) is 14. The number of carbonyl (C=O) groups excluding carboxylic acids is 2. The van der Waals surface area contributed by atoms with E-state index in [4.69, 9.17) is 28.4 Å². The fourth-order valence-corrected chi connectivity index (χ4v) is 10.9. The maximum Gasteiger partial charge on any atom is 0.331 e. The predicted molar refractivity (Wildman–Crippen MR) is 166 cm³/mol. The van der Waals surface area contributed by atoms with Crippen molar-refractivity contribution in [3.63, 3.8) is 0 Å². The molecule has 5 fully saturated rings. The molecular weight excluding hydrogens is 644 g/mol. The Morgan fingerprint density at radius 1 is 0.918 bits per heavy atom. The van der Waals surface area contributed by atoms with Crippen molar-refractivity contribution in [2.75, 3.05) is 26.9 Å². The smallest absolute Gasteiger partial charge is 0.331 e. The third kappa shape index (κ3) is 5.49. The Morgan fingerprint density at radius 2 is 1.69 bits per heavy atom. The molecule has 4 aliphatic carbocycles. The van der Waals surface area contributed by atoms with Crippen molar-refractivity contribution < 1.29 is 68.6 Å². The fraction of sp³-hybridized carbons (Fsp3) is 0.829. The molecule has 3 heterocycles. The summed E-state index contributed by atoms with van der Waals surface area (Å²) in [5, 5.41) is 61.7. The summed E-state index contributed by atoms with van der Waals surface area (Å²) in [5.74, 6) is 0.161. The molecule has 3 saturated carbocycles. The molecule has 0 aromatic heterocycles. The first kappa shape index (κ1) is 35.6. The van der Waals surface area contributed by atoms with Gasteiger partial charge < -0.3 is 63.9 Å². The maximum atomic E-state index is 13.2. The molecule has 3 aliphatic heterocycles. The lowest BCUT2D eigenvalue weighted by Gasteiger charge is -2.62. The number of cyclic esters (lactones) is 1. The number of allylic oxidation sites excluding steroid dienone is 1. The van der Waals surface area contributed by atoms with Crippen LogP contribution in [-0.4, -0.2) is 137 Å². The summed E-state index contributed by atoms with van der Waals surface area (Å²) in [7, 11) is 1.79. The number of fused-ring (bicyclic) bond motifs is 5. The van der Waals surface area contributed by atoms with Crippen molar-refractivity contribution in [3.05, 3.63) is 23.3 Å². The topological polar surface area (TPSA) is 211 Å². The second kappa shape index (κ2) is 13.3. The highest BCUT2D eigenvalue weighted by Crippen LogP contribution is 2.70. The minimum Gasteiger partial charge on any atom is -0.458 e. The molecule has 49 heavy (non-hydrogen) atoms. The molecule has 0 unspecified atom stereocenters. The van der Waals surface area contributed by atoms with Crippen LogP contribution in [0.2, 0.25) is 0 Å². The molecule has 0 bridgehead atoms. The van der Waals surface area contributed by atoms with Crippen LogP contribution in [0.3, 0.4) is 0 Å². The fourth-order valence-electron chi connectivity index (χ4n) is 10.9.